The fraction of sp³-hybridized carbons (Fsp3) is 0.667. The van der Waals surface area contributed by atoms with Crippen molar-refractivity contribution < 1.29 is 9.31 Å². The van der Waals surface area contributed by atoms with E-state index in [4.69, 9.17) is 15.0 Å². The summed E-state index contributed by atoms with van der Waals surface area (Å²) in [6.45, 7) is 15.4. The topological polar surface area (TPSA) is 47.7 Å². The van der Waals surface area contributed by atoms with Crippen LogP contribution >= 0.6 is 0 Å². The second-order valence-corrected chi connectivity index (χ2v) is 6.98. The SMILES string of the molecule is CC1(C)OB(c2ccccc2CN)OC1(C)C.CCN(C)CC. The second kappa shape index (κ2) is 8.29. The van der Waals surface area contributed by atoms with Gasteiger partial charge in [0.15, 0.2) is 0 Å². The van der Waals surface area contributed by atoms with E-state index in [1.54, 1.807) is 0 Å². The highest BCUT2D eigenvalue weighted by Gasteiger charge is 2.52. The van der Waals surface area contributed by atoms with Gasteiger partial charge in [-0.1, -0.05) is 38.1 Å². The first-order chi connectivity index (χ1) is 10.7. The van der Waals surface area contributed by atoms with E-state index in [0.717, 1.165) is 24.1 Å². The van der Waals surface area contributed by atoms with Gasteiger partial charge in [-0.2, -0.15) is 0 Å². The first kappa shape index (κ1) is 20.2. The van der Waals surface area contributed by atoms with Crippen LogP contribution in [-0.4, -0.2) is 43.4 Å². The fourth-order valence-corrected chi connectivity index (χ4v) is 2.14. The molecule has 1 fully saturated rings. The maximum Gasteiger partial charge on any atom is 0.495 e. The third kappa shape index (κ3) is 5.05. The predicted molar refractivity (Wildman–Crippen MR) is 98.9 cm³/mol. The summed E-state index contributed by atoms with van der Waals surface area (Å²) in [5.74, 6) is 0. The summed E-state index contributed by atoms with van der Waals surface area (Å²) in [6.07, 6.45) is 0. The lowest BCUT2D eigenvalue weighted by atomic mass is 9.76. The van der Waals surface area contributed by atoms with Crippen molar-refractivity contribution in [3.63, 3.8) is 0 Å². The molecule has 2 N–H and O–H groups in total. The van der Waals surface area contributed by atoms with Gasteiger partial charge in [0.25, 0.3) is 0 Å². The van der Waals surface area contributed by atoms with Crippen molar-refractivity contribution >= 4 is 12.6 Å². The molecule has 1 aliphatic heterocycles. The Morgan fingerprint density at radius 3 is 1.87 bits per heavy atom. The Morgan fingerprint density at radius 1 is 1.00 bits per heavy atom. The molecule has 0 bridgehead atoms. The van der Waals surface area contributed by atoms with E-state index in [9.17, 15) is 0 Å². The van der Waals surface area contributed by atoms with Crippen molar-refractivity contribution in [3.8, 4) is 0 Å². The highest BCUT2D eigenvalue weighted by molar-refractivity contribution is 6.62. The van der Waals surface area contributed by atoms with Crippen LogP contribution in [0.1, 0.15) is 47.1 Å². The highest BCUT2D eigenvalue weighted by atomic mass is 16.7. The number of rotatable bonds is 4. The molecule has 1 heterocycles. The number of nitrogens with zero attached hydrogens (tertiary/aromatic N) is 1. The quantitative estimate of drug-likeness (QED) is 0.866. The fourth-order valence-electron chi connectivity index (χ4n) is 2.14. The van der Waals surface area contributed by atoms with Crippen LogP contribution in [0.25, 0.3) is 0 Å². The van der Waals surface area contributed by atoms with Crippen LogP contribution in [0.2, 0.25) is 0 Å². The molecule has 2 rings (SSSR count). The largest absolute Gasteiger partial charge is 0.495 e. The van der Waals surface area contributed by atoms with Crippen LogP contribution in [0.15, 0.2) is 24.3 Å². The van der Waals surface area contributed by atoms with Gasteiger partial charge in [-0.05, 0) is 58.9 Å². The van der Waals surface area contributed by atoms with Gasteiger partial charge < -0.3 is 19.9 Å². The van der Waals surface area contributed by atoms with E-state index in [1.165, 1.54) is 0 Å². The van der Waals surface area contributed by atoms with Crippen LogP contribution < -0.4 is 11.2 Å². The Bertz CT molecular complexity index is 472. The van der Waals surface area contributed by atoms with Crippen LogP contribution in [0, 0.1) is 0 Å². The molecule has 0 atom stereocenters. The Kier molecular flexibility index (Phi) is 7.27. The first-order valence-electron chi connectivity index (χ1n) is 8.50. The average molecular weight is 320 g/mol. The molecule has 0 spiro atoms. The van der Waals surface area contributed by atoms with E-state index in [-0.39, 0.29) is 18.3 Å². The third-order valence-corrected chi connectivity index (χ3v) is 4.86. The molecule has 0 aromatic heterocycles. The smallest absolute Gasteiger partial charge is 0.399 e. The third-order valence-electron chi connectivity index (χ3n) is 4.86. The van der Waals surface area contributed by atoms with E-state index in [1.807, 2.05) is 24.3 Å². The molecule has 1 aliphatic rings. The molecule has 1 aromatic carbocycles. The molecule has 0 saturated carbocycles. The van der Waals surface area contributed by atoms with Crippen LogP contribution in [0.5, 0.6) is 0 Å². The summed E-state index contributed by atoms with van der Waals surface area (Å²) in [6, 6.07) is 8.00. The summed E-state index contributed by atoms with van der Waals surface area (Å²) < 4.78 is 12.0. The van der Waals surface area contributed by atoms with E-state index < -0.39 is 0 Å². The van der Waals surface area contributed by atoms with Gasteiger partial charge >= 0.3 is 7.12 Å². The minimum absolute atomic E-state index is 0.306. The molecule has 23 heavy (non-hydrogen) atoms. The first-order valence-corrected chi connectivity index (χ1v) is 8.50. The number of benzene rings is 1. The average Bonchev–Trinajstić information content (AvgIpc) is 2.75. The van der Waals surface area contributed by atoms with Crippen LogP contribution in [0.4, 0.5) is 0 Å². The molecular weight excluding hydrogens is 287 g/mol. The maximum absolute atomic E-state index is 6.01. The van der Waals surface area contributed by atoms with E-state index in [2.05, 4.69) is 53.5 Å². The minimum atomic E-state index is -0.320. The molecule has 5 heteroatoms. The van der Waals surface area contributed by atoms with Gasteiger partial charge in [0.2, 0.25) is 0 Å². The van der Waals surface area contributed by atoms with Gasteiger partial charge in [0.05, 0.1) is 11.2 Å². The molecule has 1 saturated heterocycles. The van der Waals surface area contributed by atoms with Crippen LogP contribution in [0.3, 0.4) is 0 Å². The van der Waals surface area contributed by atoms with Crippen molar-refractivity contribution in [2.24, 2.45) is 5.73 Å². The van der Waals surface area contributed by atoms with Gasteiger partial charge in [-0.15, -0.1) is 0 Å². The van der Waals surface area contributed by atoms with Crippen molar-refractivity contribution in [2.75, 3.05) is 20.1 Å². The molecule has 130 valence electrons. The number of hydrogen-bond donors (Lipinski definition) is 1. The lowest BCUT2D eigenvalue weighted by Gasteiger charge is -2.32. The zero-order valence-electron chi connectivity index (χ0n) is 15.8. The van der Waals surface area contributed by atoms with Gasteiger partial charge in [-0.3, -0.25) is 0 Å². The van der Waals surface area contributed by atoms with Crippen molar-refractivity contribution in [2.45, 2.75) is 59.3 Å². The lowest BCUT2D eigenvalue weighted by Crippen LogP contribution is -2.41. The molecule has 1 aromatic rings. The van der Waals surface area contributed by atoms with Crippen LogP contribution in [-0.2, 0) is 15.9 Å². The summed E-state index contributed by atoms with van der Waals surface area (Å²) in [5.41, 5.74) is 7.24. The Labute approximate surface area is 142 Å². The number of nitrogens with two attached hydrogens (primary N) is 1. The Hall–Kier alpha value is -0.875. The summed E-state index contributed by atoms with van der Waals surface area (Å²) >= 11 is 0. The van der Waals surface area contributed by atoms with E-state index in [0.29, 0.717) is 6.54 Å². The lowest BCUT2D eigenvalue weighted by molar-refractivity contribution is 0.00578. The molecule has 0 unspecified atom stereocenters. The summed E-state index contributed by atoms with van der Waals surface area (Å²) in [7, 11) is 1.79. The predicted octanol–water partition coefficient (Wildman–Crippen LogP) is 2.40. The molecule has 0 radical (unpaired) electrons. The summed E-state index contributed by atoms with van der Waals surface area (Å²) in [4.78, 5) is 2.25. The van der Waals surface area contributed by atoms with E-state index >= 15 is 0 Å². The zero-order chi connectivity index (χ0) is 17.7. The van der Waals surface area contributed by atoms with Crippen molar-refractivity contribution in [1.29, 1.82) is 0 Å². The second-order valence-electron chi connectivity index (χ2n) is 6.98. The van der Waals surface area contributed by atoms with Crippen molar-refractivity contribution in [1.82, 2.24) is 4.90 Å². The monoisotopic (exact) mass is 320 g/mol. The molecule has 0 aliphatic carbocycles. The normalized spacial score (nSPS) is 18.7. The summed E-state index contributed by atoms with van der Waals surface area (Å²) in [5, 5.41) is 0. The zero-order valence-corrected chi connectivity index (χ0v) is 15.8. The molecule has 4 nitrogen and oxygen atoms in total. The van der Waals surface area contributed by atoms with Gasteiger partial charge in [0, 0.05) is 6.54 Å². The molecular formula is C18H33BN2O2. The Balaban J connectivity index is 0.000000379. The minimum Gasteiger partial charge on any atom is -0.399 e. The Morgan fingerprint density at radius 2 is 1.48 bits per heavy atom. The van der Waals surface area contributed by atoms with Crippen molar-refractivity contribution in [3.05, 3.63) is 29.8 Å². The maximum atomic E-state index is 6.01. The van der Waals surface area contributed by atoms with Gasteiger partial charge in [-0.25, -0.2) is 0 Å². The number of hydrogen-bond acceptors (Lipinski definition) is 4. The standard InChI is InChI=1S/C13H20BNO2.C5H13N/c1-12(2)13(3,4)17-14(16-12)11-8-6-5-7-10(11)9-15;1-4-6(3)5-2/h5-8H,9,15H2,1-4H3;4-5H2,1-3H3. The molecule has 0 amide bonds. The van der Waals surface area contributed by atoms with Gasteiger partial charge in [0.1, 0.15) is 0 Å². The highest BCUT2D eigenvalue weighted by Crippen LogP contribution is 2.36.